The monoisotopic (exact) mass is 352 g/mol. The van der Waals surface area contributed by atoms with Crippen molar-refractivity contribution in [2.75, 3.05) is 0 Å². The number of esters is 2. The lowest BCUT2D eigenvalue weighted by Crippen LogP contribution is -2.30. The van der Waals surface area contributed by atoms with E-state index in [0.29, 0.717) is 37.0 Å². The van der Waals surface area contributed by atoms with Crippen molar-refractivity contribution in [2.24, 2.45) is 5.92 Å². The highest BCUT2D eigenvalue weighted by Crippen LogP contribution is 2.28. The van der Waals surface area contributed by atoms with Gasteiger partial charge in [0.05, 0.1) is 11.5 Å². The van der Waals surface area contributed by atoms with Crippen molar-refractivity contribution in [3.8, 4) is 5.75 Å². The summed E-state index contributed by atoms with van der Waals surface area (Å²) in [7, 11) is 0. The summed E-state index contributed by atoms with van der Waals surface area (Å²) in [6, 6.07) is 14.8. The van der Waals surface area contributed by atoms with Crippen molar-refractivity contribution >= 4 is 11.9 Å². The molecule has 0 heterocycles. The van der Waals surface area contributed by atoms with Gasteiger partial charge in [0, 0.05) is 0 Å². The van der Waals surface area contributed by atoms with E-state index < -0.39 is 0 Å². The molecule has 1 fully saturated rings. The van der Waals surface area contributed by atoms with Gasteiger partial charge in [-0.2, -0.15) is 0 Å². The molecule has 0 N–H and O–H groups in total. The molecular formula is C22H24O4. The van der Waals surface area contributed by atoms with Gasteiger partial charge in [-0.1, -0.05) is 35.4 Å². The summed E-state index contributed by atoms with van der Waals surface area (Å²) in [6.45, 7) is 3.97. The predicted octanol–water partition coefficient (Wildman–Crippen LogP) is 4.62. The fraction of sp³-hybridized carbons (Fsp3) is 0.364. The van der Waals surface area contributed by atoms with Gasteiger partial charge >= 0.3 is 11.9 Å². The fourth-order valence-electron chi connectivity index (χ4n) is 3.13. The average molecular weight is 352 g/mol. The zero-order valence-electron chi connectivity index (χ0n) is 15.2. The van der Waals surface area contributed by atoms with E-state index in [1.807, 2.05) is 50.2 Å². The molecule has 3 rings (SSSR count). The highest BCUT2D eigenvalue weighted by Gasteiger charge is 2.29. The second kappa shape index (κ2) is 8.17. The first-order valence-electron chi connectivity index (χ1n) is 9.07. The van der Waals surface area contributed by atoms with E-state index in [1.165, 1.54) is 0 Å². The van der Waals surface area contributed by atoms with Gasteiger partial charge in [0.25, 0.3) is 0 Å². The Labute approximate surface area is 154 Å². The van der Waals surface area contributed by atoms with Crippen LogP contribution in [0.25, 0.3) is 0 Å². The molecule has 0 bridgehead atoms. The van der Waals surface area contributed by atoms with Crippen molar-refractivity contribution < 1.29 is 19.1 Å². The molecule has 0 amide bonds. The van der Waals surface area contributed by atoms with Crippen LogP contribution in [0.5, 0.6) is 5.75 Å². The topological polar surface area (TPSA) is 52.6 Å². The molecule has 26 heavy (non-hydrogen) atoms. The van der Waals surface area contributed by atoms with Crippen LogP contribution in [0.3, 0.4) is 0 Å². The van der Waals surface area contributed by atoms with E-state index in [0.717, 1.165) is 11.1 Å². The number of hydrogen-bond donors (Lipinski definition) is 0. The average Bonchev–Trinajstić information content (AvgIpc) is 2.64. The maximum absolute atomic E-state index is 12.3. The van der Waals surface area contributed by atoms with Crippen molar-refractivity contribution in [3.63, 3.8) is 0 Å². The highest BCUT2D eigenvalue weighted by molar-refractivity contribution is 5.89. The Hall–Kier alpha value is -2.62. The minimum Gasteiger partial charge on any atom is -0.459 e. The van der Waals surface area contributed by atoms with E-state index in [2.05, 4.69) is 0 Å². The van der Waals surface area contributed by atoms with Crippen LogP contribution in [0.15, 0.2) is 48.5 Å². The molecule has 2 aromatic carbocycles. The second-order valence-electron chi connectivity index (χ2n) is 6.98. The molecule has 1 aliphatic carbocycles. The molecule has 4 nitrogen and oxygen atoms in total. The molecule has 0 saturated heterocycles. The Balaban J connectivity index is 1.47. The van der Waals surface area contributed by atoms with Crippen LogP contribution in [0.4, 0.5) is 0 Å². The van der Waals surface area contributed by atoms with E-state index >= 15 is 0 Å². The fourth-order valence-corrected chi connectivity index (χ4v) is 3.13. The van der Waals surface area contributed by atoms with Crippen LogP contribution < -0.4 is 4.74 Å². The third-order valence-electron chi connectivity index (χ3n) is 4.81. The summed E-state index contributed by atoms with van der Waals surface area (Å²) in [6.07, 6.45) is 2.59. The van der Waals surface area contributed by atoms with Gasteiger partial charge in [-0.25, -0.2) is 4.79 Å². The normalized spacial score (nSPS) is 19.6. The van der Waals surface area contributed by atoms with E-state index in [-0.39, 0.29) is 24.0 Å². The van der Waals surface area contributed by atoms with Crippen molar-refractivity contribution in [3.05, 3.63) is 65.2 Å². The van der Waals surface area contributed by atoms with Gasteiger partial charge < -0.3 is 9.47 Å². The molecule has 1 saturated carbocycles. The number of benzene rings is 2. The molecule has 1 aliphatic rings. The summed E-state index contributed by atoms with van der Waals surface area (Å²) in [4.78, 5) is 24.5. The first-order valence-corrected chi connectivity index (χ1v) is 9.07. The predicted molar refractivity (Wildman–Crippen MR) is 99.2 cm³/mol. The molecule has 0 aliphatic heterocycles. The molecular weight excluding hydrogens is 328 g/mol. The van der Waals surface area contributed by atoms with Crippen molar-refractivity contribution in [1.29, 1.82) is 0 Å². The number of carbonyl (C=O) groups excluding carboxylic acids is 2. The smallest absolute Gasteiger partial charge is 0.338 e. The Bertz CT molecular complexity index is 754. The Morgan fingerprint density at radius 3 is 1.92 bits per heavy atom. The van der Waals surface area contributed by atoms with E-state index in [1.54, 1.807) is 12.1 Å². The third kappa shape index (κ3) is 4.72. The van der Waals surface area contributed by atoms with Gasteiger partial charge in [0.15, 0.2) is 0 Å². The summed E-state index contributed by atoms with van der Waals surface area (Å²) < 4.78 is 11.0. The van der Waals surface area contributed by atoms with Crippen LogP contribution in [0, 0.1) is 19.8 Å². The van der Waals surface area contributed by atoms with Crippen LogP contribution in [0.1, 0.15) is 47.2 Å². The number of carbonyl (C=O) groups is 2. The Morgan fingerprint density at radius 2 is 1.35 bits per heavy atom. The molecule has 0 radical (unpaired) electrons. The lowest BCUT2D eigenvalue weighted by Gasteiger charge is -2.27. The minimum absolute atomic E-state index is 0.132. The Morgan fingerprint density at radius 1 is 0.808 bits per heavy atom. The Kier molecular flexibility index (Phi) is 5.71. The van der Waals surface area contributed by atoms with Gasteiger partial charge in [0.2, 0.25) is 0 Å². The summed E-state index contributed by atoms with van der Waals surface area (Å²) in [5, 5.41) is 0. The zero-order valence-corrected chi connectivity index (χ0v) is 15.2. The second-order valence-corrected chi connectivity index (χ2v) is 6.98. The molecule has 4 heteroatoms. The highest BCUT2D eigenvalue weighted by atomic mass is 16.5. The first kappa shape index (κ1) is 18.2. The minimum atomic E-state index is -0.296. The van der Waals surface area contributed by atoms with Crippen LogP contribution in [-0.4, -0.2) is 18.0 Å². The molecule has 0 aromatic heterocycles. The van der Waals surface area contributed by atoms with E-state index in [9.17, 15) is 9.59 Å². The molecule has 136 valence electrons. The van der Waals surface area contributed by atoms with Gasteiger partial charge in [-0.15, -0.1) is 0 Å². The molecule has 0 spiro atoms. The zero-order chi connectivity index (χ0) is 18.5. The van der Waals surface area contributed by atoms with Crippen LogP contribution in [0.2, 0.25) is 0 Å². The first-order chi connectivity index (χ1) is 12.5. The number of ether oxygens (including phenoxy) is 2. The van der Waals surface area contributed by atoms with Gasteiger partial charge in [-0.05, 0) is 63.8 Å². The lowest BCUT2D eigenvalue weighted by molar-refractivity contribution is -0.140. The molecule has 0 unspecified atom stereocenters. The summed E-state index contributed by atoms with van der Waals surface area (Å²) in [5.41, 5.74) is 2.80. The molecule has 2 aromatic rings. The SMILES string of the molecule is Cc1ccc(OC(=O)C2CCC(OC(=O)c3ccc(C)cc3)CC2)cc1. The van der Waals surface area contributed by atoms with Crippen LogP contribution >= 0.6 is 0 Å². The van der Waals surface area contributed by atoms with Crippen LogP contribution in [-0.2, 0) is 9.53 Å². The van der Waals surface area contributed by atoms with Crippen molar-refractivity contribution in [1.82, 2.24) is 0 Å². The van der Waals surface area contributed by atoms with Crippen molar-refractivity contribution in [2.45, 2.75) is 45.6 Å². The summed E-state index contributed by atoms with van der Waals surface area (Å²) in [5.74, 6) is -0.0491. The van der Waals surface area contributed by atoms with Gasteiger partial charge in [0.1, 0.15) is 11.9 Å². The lowest BCUT2D eigenvalue weighted by atomic mass is 9.87. The standard InChI is InChI=1S/C22H24O4/c1-15-3-7-17(8-4-15)21(23)26-20-13-9-18(10-14-20)22(24)25-19-11-5-16(2)6-12-19/h3-8,11-12,18,20H,9-10,13-14H2,1-2H3. The maximum Gasteiger partial charge on any atom is 0.338 e. The maximum atomic E-state index is 12.3. The third-order valence-corrected chi connectivity index (χ3v) is 4.81. The van der Waals surface area contributed by atoms with Gasteiger partial charge in [-0.3, -0.25) is 4.79 Å². The number of aryl methyl sites for hydroxylation is 2. The van der Waals surface area contributed by atoms with E-state index in [4.69, 9.17) is 9.47 Å². The molecule has 0 atom stereocenters. The quantitative estimate of drug-likeness (QED) is 0.595. The number of rotatable bonds is 4. The number of hydrogen-bond acceptors (Lipinski definition) is 4. The largest absolute Gasteiger partial charge is 0.459 e. The summed E-state index contributed by atoms with van der Waals surface area (Å²) >= 11 is 0.